The molecule has 0 radical (unpaired) electrons. The number of carbonyl (C=O) groups is 2. The van der Waals surface area contributed by atoms with Crippen molar-refractivity contribution in [2.24, 2.45) is 0 Å². The van der Waals surface area contributed by atoms with Crippen LogP contribution in [0, 0.1) is 0 Å². The van der Waals surface area contributed by atoms with E-state index in [9.17, 15) is 9.59 Å². The van der Waals surface area contributed by atoms with Gasteiger partial charge in [-0.2, -0.15) is 0 Å². The van der Waals surface area contributed by atoms with Crippen LogP contribution in [-0.2, 0) is 14.3 Å². The summed E-state index contributed by atoms with van der Waals surface area (Å²) < 4.78 is 5.35. The van der Waals surface area contributed by atoms with Crippen LogP contribution >= 0.6 is 11.6 Å². The number of rotatable bonds is 3. The van der Waals surface area contributed by atoms with E-state index in [0.717, 1.165) is 19.4 Å². The Kier molecular flexibility index (Phi) is 4.76. The van der Waals surface area contributed by atoms with Crippen LogP contribution in [0.15, 0.2) is 24.3 Å². The average molecular weight is 283 g/mol. The highest BCUT2D eigenvalue weighted by molar-refractivity contribution is 6.39. The maximum atomic E-state index is 11.6. The number of benzene rings is 1. The molecular formula is C13H15ClN2O3. The minimum Gasteiger partial charge on any atom is -0.376 e. The second-order valence-electron chi connectivity index (χ2n) is 4.31. The van der Waals surface area contributed by atoms with Crippen LogP contribution in [0.3, 0.4) is 0 Å². The minimum atomic E-state index is -0.708. The Balaban J connectivity index is 1.80. The van der Waals surface area contributed by atoms with E-state index >= 15 is 0 Å². The standard InChI is InChI=1S/C13H15ClN2O3/c14-9-3-1-4-10(7-9)16-13(18)12(17)15-8-11-5-2-6-19-11/h1,3-4,7,11H,2,5-6,8H2,(H,15,17)(H,16,18). The van der Waals surface area contributed by atoms with Crippen molar-refractivity contribution in [1.29, 1.82) is 0 Å². The van der Waals surface area contributed by atoms with Gasteiger partial charge in [-0.15, -0.1) is 0 Å². The zero-order chi connectivity index (χ0) is 13.7. The van der Waals surface area contributed by atoms with Gasteiger partial charge in [0, 0.05) is 23.9 Å². The Morgan fingerprint density at radius 2 is 2.21 bits per heavy atom. The van der Waals surface area contributed by atoms with Gasteiger partial charge in [0.15, 0.2) is 0 Å². The van der Waals surface area contributed by atoms with E-state index in [0.29, 0.717) is 17.3 Å². The molecular weight excluding hydrogens is 268 g/mol. The van der Waals surface area contributed by atoms with Crippen LogP contribution in [-0.4, -0.2) is 31.1 Å². The van der Waals surface area contributed by atoms with Gasteiger partial charge in [-0.1, -0.05) is 17.7 Å². The summed E-state index contributed by atoms with van der Waals surface area (Å²) in [6, 6.07) is 6.63. The Morgan fingerprint density at radius 3 is 2.89 bits per heavy atom. The molecule has 2 rings (SSSR count). The first kappa shape index (κ1) is 13.8. The number of anilines is 1. The van der Waals surface area contributed by atoms with Gasteiger partial charge < -0.3 is 15.4 Å². The summed E-state index contributed by atoms with van der Waals surface area (Å²) in [6.07, 6.45) is 1.92. The fraction of sp³-hybridized carbons (Fsp3) is 0.385. The van der Waals surface area contributed by atoms with Gasteiger partial charge in [0.1, 0.15) is 0 Å². The molecule has 0 spiro atoms. The summed E-state index contributed by atoms with van der Waals surface area (Å²) in [5.41, 5.74) is 0.491. The van der Waals surface area contributed by atoms with Crippen molar-refractivity contribution in [3.63, 3.8) is 0 Å². The minimum absolute atomic E-state index is 0.0166. The summed E-state index contributed by atoms with van der Waals surface area (Å²) in [5.74, 6) is -1.38. The van der Waals surface area contributed by atoms with Crippen molar-refractivity contribution in [2.45, 2.75) is 18.9 Å². The molecule has 1 aliphatic heterocycles. The van der Waals surface area contributed by atoms with Crippen molar-refractivity contribution in [3.8, 4) is 0 Å². The number of halogens is 1. The third kappa shape index (κ3) is 4.22. The first-order valence-electron chi connectivity index (χ1n) is 6.11. The molecule has 1 heterocycles. The monoisotopic (exact) mass is 282 g/mol. The predicted molar refractivity (Wildman–Crippen MR) is 72.1 cm³/mol. The molecule has 0 saturated carbocycles. The van der Waals surface area contributed by atoms with E-state index in [1.54, 1.807) is 24.3 Å². The lowest BCUT2D eigenvalue weighted by Crippen LogP contribution is -2.39. The second kappa shape index (κ2) is 6.54. The predicted octanol–water partition coefficient (Wildman–Crippen LogP) is 1.57. The summed E-state index contributed by atoms with van der Waals surface area (Å²) in [7, 11) is 0. The molecule has 5 nitrogen and oxygen atoms in total. The first-order valence-corrected chi connectivity index (χ1v) is 6.49. The third-order valence-corrected chi connectivity index (χ3v) is 3.04. The van der Waals surface area contributed by atoms with Gasteiger partial charge in [0.2, 0.25) is 0 Å². The lowest BCUT2D eigenvalue weighted by molar-refractivity contribution is -0.136. The number of carbonyl (C=O) groups excluding carboxylic acids is 2. The second-order valence-corrected chi connectivity index (χ2v) is 4.75. The normalized spacial score (nSPS) is 18.1. The molecule has 102 valence electrons. The first-order chi connectivity index (χ1) is 9.15. The maximum absolute atomic E-state index is 11.6. The largest absolute Gasteiger partial charge is 0.376 e. The van der Waals surface area contributed by atoms with Crippen LogP contribution in [0.2, 0.25) is 5.02 Å². The van der Waals surface area contributed by atoms with Gasteiger partial charge in [-0.25, -0.2) is 0 Å². The highest BCUT2D eigenvalue weighted by Gasteiger charge is 2.19. The van der Waals surface area contributed by atoms with Gasteiger partial charge in [-0.3, -0.25) is 9.59 Å². The van der Waals surface area contributed by atoms with Gasteiger partial charge in [0.05, 0.1) is 6.10 Å². The molecule has 0 aliphatic carbocycles. The van der Waals surface area contributed by atoms with Crippen molar-refractivity contribution < 1.29 is 14.3 Å². The van der Waals surface area contributed by atoms with E-state index in [-0.39, 0.29) is 6.10 Å². The molecule has 2 N–H and O–H groups in total. The van der Waals surface area contributed by atoms with Crippen LogP contribution in [0.4, 0.5) is 5.69 Å². The molecule has 1 aliphatic rings. The van der Waals surface area contributed by atoms with Gasteiger partial charge in [0.25, 0.3) is 0 Å². The van der Waals surface area contributed by atoms with Crippen LogP contribution in [0.1, 0.15) is 12.8 Å². The van der Waals surface area contributed by atoms with Gasteiger partial charge >= 0.3 is 11.8 Å². The molecule has 1 aromatic carbocycles. The number of amides is 2. The average Bonchev–Trinajstić information content (AvgIpc) is 2.89. The summed E-state index contributed by atoms with van der Waals surface area (Å²) in [6.45, 7) is 1.08. The zero-order valence-electron chi connectivity index (χ0n) is 10.3. The van der Waals surface area contributed by atoms with Gasteiger partial charge in [-0.05, 0) is 31.0 Å². The summed E-state index contributed by atoms with van der Waals surface area (Å²) >= 11 is 5.79. The highest BCUT2D eigenvalue weighted by Crippen LogP contribution is 2.14. The van der Waals surface area contributed by atoms with E-state index in [1.165, 1.54) is 0 Å². The molecule has 2 amide bonds. The van der Waals surface area contributed by atoms with Crippen molar-refractivity contribution in [1.82, 2.24) is 5.32 Å². The lowest BCUT2D eigenvalue weighted by Gasteiger charge is -2.10. The van der Waals surface area contributed by atoms with Crippen LogP contribution < -0.4 is 10.6 Å². The fourth-order valence-corrected chi connectivity index (χ4v) is 2.04. The number of ether oxygens (including phenoxy) is 1. The Bertz CT molecular complexity index is 473. The third-order valence-electron chi connectivity index (χ3n) is 2.80. The molecule has 19 heavy (non-hydrogen) atoms. The quantitative estimate of drug-likeness (QED) is 0.827. The molecule has 0 bridgehead atoms. The Hall–Kier alpha value is -1.59. The molecule has 0 aromatic heterocycles. The van der Waals surface area contributed by atoms with Crippen molar-refractivity contribution >= 4 is 29.1 Å². The van der Waals surface area contributed by atoms with E-state index in [1.807, 2.05) is 0 Å². The van der Waals surface area contributed by atoms with E-state index in [2.05, 4.69) is 10.6 Å². The Labute approximate surface area is 116 Å². The summed E-state index contributed by atoms with van der Waals surface area (Å²) in [4.78, 5) is 23.2. The van der Waals surface area contributed by atoms with Crippen molar-refractivity contribution in [3.05, 3.63) is 29.3 Å². The smallest absolute Gasteiger partial charge is 0.313 e. The fourth-order valence-electron chi connectivity index (χ4n) is 1.85. The topological polar surface area (TPSA) is 67.4 Å². The molecule has 1 fully saturated rings. The zero-order valence-corrected chi connectivity index (χ0v) is 11.1. The SMILES string of the molecule is O=C(NCC1CCCO1)C(=O)Nc1cccc(Cl)c1. The molecule has 1 atom stereocenters. The molecule has 1 unspecified atom stereocenters. The number of hydrogen-bond donors (Lipinski definition) is 2. The highest BCUT2D eigenvalue weighted by atomic mass is 35.5. The lowest BCUT2D eigenvalue weighted by atomic mass is 10.2. The molecule has 6 heteroatoms. The van der Waals surface area contributed by atoms with Crippen LogP contribution in [0.5, 0.6) is 0 Å². The van der Waals surface area contributed by atoms with Crippen LogP contribution in [0.25, 0.3) is 0 Å². The van der Waals surface area contributed by atoms with E-state index < -0.39 is 11.8 Å². The Morgan fingerprint density at radius 1 is 1.37 bits per heavy atom. The number of nitrogens with one attached hydrogen (secondary N) is 2. The summed E-state index contributed by atoms with van der Waals surface area (Å²) in [5, 5.41) is 5.53. The molecule has 1 saturated heterocycles. The van der Waals surface area contributed by atoms with E-state index in [4.69, 9.17) is 16.3 Å². The van der Waals surface area contributed by atoms with Crippen molar-refractivity contribution in [2.75, 3.05) is 18.5 Å². The molecule has 1 aromatic rings. The number of hydrogen-bond acceptors (Lipinski definition) is 3. The maximum Gasteiger partial charge on any atom is 0.313 e.